The van der Waals surface area contributed by atoms with E-state index in [0.717, 1.165) is 11.9 Å². The number of H-pyrrole nitrogens is 1. The first-order valence-corrected chi connectivity index (χ1v) is 5.12. The van der Waals surface area contributed by atoms with Crippen LogP contribution in [0.4, 0.5) is 10.2 Å². The number of nitrogens with one attached hydrogen (secondary N) is 2. The second kappa shape index (κ2) is 3.97. The molecule has 0 radical (unpaired) electrons. The number of hydrogen-bond acceptors (Lipinski definition) is 5. The van der Waals surface area contributed by atoms with Gasteiger partial charge in [0.05, 0.1) is 12.1 Å². The number of halogens is 1. The molecule has 2 rings (SSSR count). The number of rotatable bonds is 2. The molecule has 0 aromatic carbocycles. The van der Waals surface area contributed by atoms with E-state index in [4.69, 9.17) is 4.74 Å². The van der Waals surface area contributed by atoms with E-state index in [1.54, 1.807) is 11.8 Å². The van der Waals surface area contributed by atoms with Crippen LogP contribution in [-0.2, 0) is 4.74 Å². The summed E-state index contributed by atoms with van der Waals surface area (Å²) in [6, 6.07) is 0. The first-order valence-electron chi connectivity index (χ1n) is 3.96. The van der Waals surface area contributed by atoms with Crippen molar-refractivity contribution in [2.45, 2.75) is 6.23 Å². The number of anilines is 1. The maximum atomic E-state index is 13.1. The Morgan fingerprint density at radius 2 is 2.64 bits per heavy atom. The fourth-order valence-corrected chi connectivity index (χ4v) is 1.81. The molecule has 1 aromatic rings. The molecule has 1 aliphatic heterocycles. The van der Waals surface area contributed by atoms with E-state index in [1.165, 1.54) is 0 Å². The van der Waals surface area contributed by atoms with Crippen molar-refractivity contribution in [3.05, 3.63) is 22.5 Å². The second-order valence-electron chi connectivity index (χ2n) is 2.70. The van der Waals surface area contributed by atoms with E-state index in [1.807, 2.05) is 0 Å². The van der Waals surface area contributed by atoms with Gasteiger partial charge in [-0.15, -0.1) is 11.8 Å². The van der Waals surface area contributed by atoms with Crippen molar-refractivity contribution in [1.82, 2.24) is 9.97 Å². The highest BCUT2D eigenvalue weighted by Crippen LogP contribution is 2.18. The Morgan fingerprint density at radius 1 is 1.79 bits per heavy atom. The quantitative estimate of drug-likeness (QED) is 0.749. The van der Waals surface area contributed by atoms with Crippen LogP contribution in [-0.4, -0.2) is 27.9 Å². The molecule has 0 saturated carbocycles. The molecule has 1 fully saturated rings. The summed E-state index contributed by atoms with van der Waals surface area (Å²) in [5, 5.41) is 2.74. The normalized spacial score (nSPS) is 21.1. The highest BCUT2D eigenvalue weighted by molar-refractivity contribution is 7.99. The average molecular weight is 217 g/mol. The lowest BCUT2D eigenvalue weighted by molar-refractivity contribution is 0.145. The van der Waals surface area contributed by atoms with Gasteiger partial charge < -0.3 is 10.1 Å². The van der Waals surface area contributed by atoms with Crippen molar-refractivity contribution in [3.63, 3.8) is 0 Å². The molecule has 2 heterocycles. The van der Waals surface area contributed by atoms with E-state index in [9.17, 15) is 9.18 Å². The third kappa shape index (κ3) is 2.05. The van der Waals surface area contributed by atoms with Crippen LogP contribution in [0.5, 0.6) is 0 Å². The van der Waals surface area contributed by atoms with Crippen LogP contribution in [0, 0.1) is 5.82 Å². The summed E-state index contributed by atoms with van der Waals surface area (Å²) in [7, 11) is 0. The summed E-state index contributed by atoms with van der Waals surface area (Å²) in [4.78, 5) is 16.3. The minimum absolute atomic E-state index is 0.0255. The van der Waals surface area contributed by atoms with Gasteiger partial charge in [0, 0.05) is 5.75 Å². The van der Waals surface area contributed by atoms with E-state index >= 15 is 0 Å². The Kier molecular flexibility index (Phi) is 2.69. The van der Waals surface area contributed by atoms with Gasteiger partial charge in [-0.2, -0.15) is 4.98 Å². The lowest BCUT2D eigenvalue weighted by Gasteiger charge is -2.11. The van der Waals surface area contributed by atoms with Crippen molar-refractivity contribution >= 4 is 17.6 Å². The van der Waals surface area contributed by atoms with Crippen LogP contribution < -0.4 is 11.0 Å². The van der Waals surface area contributed by atoms with Crippen LogP contribution in [0.1, 0.15) is 0 Å². The molecule has 1 atom stereocenters. The number of hydrogen-bond donors (Lipinski definition) is 2. The van der Waals surface area contributed by atoms with Crippen LogP contribution in [0.25, 0.3) is 0 Å². The van der Waals surface area contributed by atoms with Crippen molar-refractivity contribution in [2.75, 3.05) is 17.0 Å². The molecule has 1 saturated heterocycles. The molecule has 0 spiro atoms. The topological polar surface area (TPSA) is 67.0 Å². The molecule has 1 aliphatic rings. The fourth-order valence-electron chi connectivity index (χ4n) is 1.06. The second-order valence-corrected chi connectivity index (χ2v) is 3.68. The van der Waals surface area contributed by atoms with Crippen LogP contribution in [0.2, 0.25) is 0 Å². The zero-order chi connectivity index (χ0) is 9.97. The van der Waals surface area contributed by atoms with Crippen molar-refractivity contribution in [1.29, 1.82) is 0 Å². The summed E-state index contributed by atoms with van der Waals surface area (Å²) in [5.41, 5.74) is -0.584. The number of nitrogens with zero attached hydrogens (tertiary/aromatic N) is 1. The van der Waals surface area contributed by atoms with Gasteiger partial charge in [0.1, 0.15) is 12.0 Å². The zero-order valence-electron chi connectivity index (χ0n) is 7.12. The Morgan fingerprint density at radius 3 is 3.36 bits per heavy atom. The van der Waals surface area contributed by atoms with E-state index in [2.05, 4.69) is 15.3 Å². The highest BCUT2D eigenvalue weighted by Gasteiger charge is 2.17. The predicted octanol–water partition coefficient (Wildman–Crippen LogP) is 0.368. The predicted molar refractivity (Wildman–Crippen MR) is 50.6 cm³/mol. The fraction of sp³-hybridized carbons (Fsp3) is 0.429. The molecule has 0 aliphatic carbocycles. The van der Waals surface area contributed by atoms with E-state index < -0.39 is 11.5 Å². The highest BCUT2D eigenvalue weighted by atomic mass is 32.2. The minimum atomic E-state index is -0.592. The maximum Gasteiger partial charge on any atom is 0.346 e. The molecule has 7 heteroatoms. The van der Waals surface area contributed by atoms with E-state index in [-0.39, 0.29) is 12.0 Å². The number of aromatic nitrogens is 2. The van der Waals surface area contributed by atoms with Gasteiger partial charge in [0.2, 0.25) is 0 Å². The Hall–Kier alpha value is -1.08. The molecule has 1 unspecified atom stereocenters. The first kappa shape index (κ1) is 9.47. The minimum Gasteiger partial charge on any atom is -0.347 e. The lowest BCUT2D eigenvalue weighted by atomic mass is 10.5. The van der Waals surface area contributed by atoms with Gasteiger partial charge in [0.25, 0.3) is 0 Å². The largest absolute Gasteiger partial charge is 0.347 e. The van der Waals surface area contributed by atoms with Crippen LogP contribution >= 0.6 is 11.8 Å². The van der Waals surface area contributed by atoms with Crippen molar-refractivity contribution in [3.8, 4) is 0 Å². The molecule has 2 N–H and O–H groups in total. The summed E-state index contributed by atoms with van der Waals surface area (Å²) in [5.74, 6) is 0.737. The average Bonchev–Trinajstić information content (AvgIpc) is 2.64. The summed E-state index contributed by atoms with van der Waals surface area (Å²) in [6.07, 6.45) is 0.621. The van der Waals surface area contributed by atoms with Gasteiger partial charge in [0.15, 0.2) is 5.82 Å². The molecule has 14 heavy (non-hydrogen) atoms. The van der Waals surface area contributed by atoms with Gasteiger partial charge in [-0.1, -0.05) is 0 Å². The summed E-state index contributed by atoms with van der Waals surface area (Å²) >= 11 is 1.60. The van der Waals surface area contributed by atoms with Crippen molar-refractivity contribution < 1.29 is 9.13 Å². The molecule has 5 nitrogen and oxygen atoms in total. The molecule has 0 amide bonds. The van der Waals surface area contributed by atoms with Crippen LogP contribution in [0.15, 0.2) is 11.0 Å². The van der Waals surface area contributed by atoms with Gasteiger partial charge in [-0.25, -0.2) is 9.18 Å². The molecular formula is C7H8FN3O2S. The summed E-state index contributed by atoms with van der Waals surface area (Å²) < 4.78 is 18.3. The molecular weight excluding hydrogens is 209 g/mol. The monoisotopic (exact) mass is 217 g/mol. The van der Waals surface area contributed by atoms with Crippen molar-refractivity contribution in [2.24, 2.45) is 0 Å². The molecule has 1 aromatic heterocycles. The standard InChI is InChI=1S/C7H8FN3O2S/c8-4-1-9-7(12)11-6(4)10-5-2-14-3-13-5/h1,5H,2-3H2,(H2,9,10,11,12). The third-order valence-electron chi connectivity index (χ3n) is 1.69. The lowest BCUT2D eigenvalue weighted by Crippen LogP contribution is -2.24. The summed E-state index contributed by atoms with van der Waals surface area (Å²) in [6.45, 7) is 0. The number of aromatic amines is 1. The number of thioether (sulfide) groups is 1. The van der Waals surface area contributed by atoms with Gasteiger partial charge >= 0.3 is 5.69 Å². The Balaban J connectivity index is 2.14. The molecule has 76 valence electrons. The molecule has 0 bridgehead atoms. The zero-order valence-corrected chi connectivity index (χ0v) is 7.94. The Bertz CT molecular complexity index is 377. The van der Waals surface area contributed by atoms with Gasteiger partial charge in [-0.3, -0.25) is 4.98 Å². The van der Waals surface area contributed by atoms with Gasteiger partial charge in [-0.05, 0) is 0 Å². The Labute approximate surface area is 83.1 Å². The smallest absolute Gasteiger partial charge is 0.346 e. The van der Waals surface area contributed by atoms with Crippen LogP contribution in [0.3, 0.4) is 0 Å². The number of ether oxygens (including phenoxy) is 1. The third-order valence-corrected chi connectivity index (χ3v) is 2.53. The first-order chi connectivity index (χ1) is 6.75. The van der Waals surface area contributed by atoms with E-state index in [0.29, 0.717) is 5.94 Å². The maximum absolute atomic E-state index is 13.1. The SMILES string of the molecule is O=c1ncc(F)c(NC2CSCO2)[nH]1.